The van der Waals surface area contributed by atoms with Crippen molar-refractivity contribution in [3.8, 4) is 5.75 Å². The first-order chi connectivity index (χ1) is 12.0. The van der Waals surface area contributed by atoms with E-state index < -0.39 is 0 Å². The molecule has 2 amide bonds. The van der Waals surface area contributed by atoms with Crippen LogP contribution in [0.2, 0.25) is 0 Å². The Bertz CT molecular complexity index is 801. The zero-order valence-electron chi connectivity index (χ0n) is 14.5. The molecule has 5 nitrogen and oxygen atoms in total. The van der Waals surface area contributed by atoms with E-state index in [1.54, 1.807) is 4.90 Å². The Kier molecular flexibility index (Phi) is 5.03. The van der Waals surface area contributed by atoms with E-state index >= 15 is 0 Å². The highest BCUT2D eigenvalue weighted by Crippen LogP contribution is 2.24. The standard InChI is InChI=1S/C20H22N2O3/c1-14-5-3-6-16(11-14)25-10-4-9-22-18-8-7-15(2)12-17(18)20(24)21-13-19(22)23/h3,5-8,11-12H,4,9-10,13H2,1-2H3,(H,21,24). The third-order valence-electron chi connectivity index (χ3n) is 4.17. The van der Waals surface area contributed by atoms with E-state index in [1.165, 1.54) is 0 Å². The van der Waals surface area contributed by atoms with Gasteiger partial charge in [-0.05, 0) is 50.1 Å². The molecule has 0 atom stereocenters. The first kappa shape index (κ1) is 17.0. The van der Waals surface area contributed by atoms with Gasteiger partial charge in [-0.15, -0.1) is 0 Å². The molecular formula is C20H22N2O3. The highest BCUT2D eigenvalue weighted by Gasteiger charge is 2.25. The van der Waals surface area contributed by atoms with Gasteiger partial charge in [-0.1, -0.05) is 23.8 Å². The summed E-state index contributed by atoms with van der Waals surface area (Å²) >= 11 is 0. The second kappa shape index (κ2) is 7.38. The number of benzene rings is 2. The zero-order chi connectivity index (χ0) is 17.8. The van der Waals surface area contributed by atoms with Crippen LogP contribution in [0, 0.1) is 13.8 Å². The molecule has 2 aromatic rings. The van der Waals surface area contributed by atoms with Crippen LogP contribution in [0.25, 0.3) is 0 Å². The van der Waals surface area contributed by atoms with Crippen LogP contribution in [0.4, 0.5) is 5.69 Å². The lowest BCUT2D eigenvalue weighted by Gasteiger charge is -2.22. The van der Waals surface area contributed by atoms with Gasteiger partial charge in [0.05, 0.1) is 24.4 Å². The van der Waals surface area contributed by atoms with Gasteiger partial charge < -0.3 is 15.0 Å². The van der Waals surface area contributed by atoms with Gasteiger partial charge in [-0.2, -0.15) is 0 Å². The Balaban J connectivity index is 1.67. The molecule has 25 heavy (non-hydrogen) atoms. The Morgan fingerprint density at radius 2 is 1.88 bits per heavy atom. The first-order valence-electron chi connectivity index (χ1n) is 8.43. The van der Waals surface area contributed by atoms with Gasteiger partial charge in [-0.3, -0.25) is 9.59 Å². The van der Waals surface area contributed by atoms with Gasteiger partial charge in [0.25, 0.3) is 5.91 Å². The Hall–Kier alpha value is -2.82. The summed E-state index contributed by atoms with van der Waals surface area (Å²) in [5, 5.41) is 2.67. The van der Waals surface area contributed by atoms with Crippen molar-refractivity contribution in [2.24, 2.45) is 0 Å². The minimum Gasteiger partial charge on any atom is -0.494 e. The largest absolute Gasteiger partial charge is 0.494 e. The number of rotatable bonds is 5. The van der Waals surface area contributed by atoms with Crippen LogP contribution in [0.3, 0.4) is 0 Å². The minimum atomic E-state index is -0.203. The van der Waals surface area contributed by atoms with E-state index in [-0.39, 0.29) is 18.4 Å². The van der Waals surface area contributed by atoms with Crippen LogP contribution in [-0.4, -0.2) is 31.5 Å². The lowest BCUT2D eigenvalue weighted by Crippen LogP contribution is -2.37. The molecule has 130 valence electrons. The fraction of sp³-hybridized carbons (Fsp3) is 0.300. The number of carbonyl (C=O) groups is 2. The molecule has 0 spiro atoms. The molecule has 2 aromatic carbocycles. The summed E-state index contributed by atoms with van der Waals surface area (Å²) in [5.74, 6) is 0.520. The summed E-state index contributed by atoms with van der Waals surface area (Å²) in [7, 11) is 0. The van der Waals surface area contributed by atoms with E-state index in [0.29, 0.717) is 30.8 Å². The number of aryl methyl sites for hydroxylation is 2. The maximum atomic E-state index is 12.4. The Labute approximate surface area is 147 Å². The molecular weight excluding hydrogens is 316 g/mol. The zero-order valence-corrected chi connectivity index (χ0v) is 14.5. The van der Waals surface area contributed by atoms with Crippen molar-refractivity contribution in [2.75, 3.05) is 24.6 Å². The highest BCUT2D eigenvalue weighted by molar-refractivity contribution is 6.09. The molecule has 0 radical (unpaired) electrons. The Morgan fingerprint density at radius 3 is 2.68 bits per heavy atom. The van der Waals surface area contributed by atoms with Gasteiger partial charge in [0, 0.05) is 6.54 Å². The first-order valence-corrected chi connectivity index (χ1v) is 8.43. The normalized spacial score (nSPS) is 13.9. The molecule has 1 aliphatic rings. The topological polar surface area (TPSA) is 58.6 Å². The molecule has 0 fully saturated rings. The van der Waals surface area contributed by atoms with E-state index in [9.17, 15) is 9.59 Å². The van der Waals surface area contributed by atoms with E-state index in [1.807, 2.05) is 56.3 Å². The number of anilines is 1. The SMILES string of the molecule is Cc1cccc(OCCCN2C(=O)CNC(=O)c3cc(C)ccc32)c1. The number of amides is 2. The maximum Gasteiger partial charge on any atom is 0.253 e. The van der Waals surface area contributed by atoms with Crippen LogP contribution in [0.5, 0.6) is 5.75 Å². The number of nitrogens with zero attached hydrogens (tertiary/aromatic N) is 1. The number of hydrogen-bond acceptors (Lipinski definition) is 3. The van der Waals surface area contributed by atoms with Gasteiger partial charge in [0.15, 0.2) is 0 Å². The lowest BCUT2D eigenvalue weighted by atomic mass is 10.1. The number of nitrogens with one attached hydrogen (secondary N) is 1. The second-order valence-electron chi connectivity index (χ2n) is 6.27. The van der Waals surface area contributed by atoms with E-state index in [2.05, 4.69) is 5.32 Å². The lowest BCUT2D eigenvalue weighted by molar-refractivity contribution is -0.117. The molecule has 0 bridgehead atoms. The molecule has 0 saturated heterocycles. The smallest absolute Gasteiger partial charge is 0.253 e. The number of fused-ring (bicyclic) bond motifs is 1. The minimum absolute atomic E-state index is 0.0191. The van der Waals surface area contributed by atoms with Crippen molar-refractivity contribution >= 4 is 17.5 Å². The molecule has 1 N–H and O–H groups in total. The average Bonchev–Trinajstić information content (AvgIpc) is 2.70. The van der Waals surface area contributed by atoms with Gasteiger partial charge in [0.1, 0.15) is 5.75 Å². The number of carbonyl (C=O) groups excluding carboxylic acids is 2. The summed E-state index contributed by atoms with van der Waals surface area (Å²) in [5.41, 5.74) is 3.35. The monoisotopic (exact) mass is 338 g/mol. The summed E-state index contributed by atoms with van der Waals surface area (Å²) in [6.07, 6.45) is 0.682. The Morgan fingerprint density at radius 1 is 1.08 bits per heavy atom. The number of hydrogen-bond donors (Lipinski definition) is 1. The van der Waals surface area contributed by atoms with E-state index in [0.717, 1.165) is 16.9 Å². The maximum absolute atomic E-state index is 12.4. The van der Waals surface area contributed by atoms with Crippen molar-refractivity contribution in [1.82, 2.24) is 5.32 Å². The predicted octanol–water partition coefficient (Wildman–Crippen LogP) is 2.85. The fourth-order valence-electron chi connectivity index (χ4n) is 2.91. The van der Waals surface area contributed by atoms with Crippen LogP contribution >= 0.6 is 0 Å². The molecule has 3 rings (SSSR count). The predicted molar refractivity (Wildman–Crippen MR) is 97.2 cm³/mol. The third kappa shape index (κ3) is 3.99. The summed E-state index contributed by atoms with van der Waals surface area (Å²) in [6, 6.07) is 13.5. The number of ether oxygens (including phenoxy) is 1. The van der Waals surface area contributed by atoms with Crippen molar-refractivity contribution in [3.05, 3.63) is 59.2 Å². The quantitative estimate of drug-likeness (QED) is 0.853. The summed E-state index contributed by atoms with van der Waals surface area (Å²) < 4.78 is 5.75. The van der Waals surface area contributed by atoms with Crippen molar-refractivity contribution < 1.29 is 14.3 Å². The van der Waals surface area contributed by atoms with Gasteiger partial charge >= 0.3 is 0 Å². The summed E-state index contributed by atoms with van der Waals surface area (Å²) in [4.78, 5) is 26.2. The van der Waals surface area contributed by atoms with Gasteiger partial charge in [-0.25, -0.2) is 0 Å². The van der Waals surface area contributed by atoms with Crippen molar-refractivity contribution in [3.63, 3.8) is 0 Å². The van der Waals surface area contributed by atoms with Crippen LogP contribution in [0.1, 0.15) is 27.9 Å². The average molecular weight is 338 g/mol. The van der Waals surface area contributed by atoms with E-state index in [4.69, 9.17) is 4.74 Å². The molecule has 0 aromatic heterocycles. The molecule has 0 aliphatic carbocycles. The van der Waals surface area contributed by atoms with Gasteiger partial charge in [0.2, 0.25) is 5.91 Å². The highest BCUT2D eigenvalue weighted by atomic mass is 16.5. The molecule has 1 aliphatic heterocycles. The third-order valence-corrected chi connectivity index (χ3v) is 4.17. The second-order valence-corrected chi connectivity index (χ2v) is 6.27. The van der Waals surface area contributed by atoms with Crippen molar-refractivity contribution in [1.29, 1.82) is 0 Å². The molecule has 5 heteroatoms. The van der Waals surface area contributed by atoms with Crippen molar-refractivity contribution in [2.45, 2.75) is 20.3 Å². The molecule has 0 unspecified atom stereocenters. The van der Waals surface area contributed by atoms with Crippen LogP contribution in [0.15, 0.2) is 42.5 Å². The summed E-state index contributed by atoms with van der Waals surface area (Å²) in [6.45, 7) is 4.99. The molecule has 1 heterocycles. The fourth-order valence-corrected chi connectivity index (χ4v) is 2.91. The van der Waals surface area contributed by atoms with Crippen LogP contribution < -0.4 is 15.0 Å². The molecule has 0 saturated carbocycles. The van der Waals surface area contributed by atoms with Crippen LogP contribution in [-0.2, 0) is 4.79 Å².